The van der Waals surface area contributed by atoms with Crippen molar-refractivity contribution in [2.24, 2.45) is 0 Å². The largest absolute Gasteiger partial charge is 0.352 e. The zero-order valence-electron chi connectivity index (χ0n) is 14.9. The number of carbonyl (C=O) groups excluding carboxylic acids is 1. The number of benzene rings is 1. The van der Waals surface area contributed by atoms with E-state index in [2.05, 4.69) is 41.9 Å². The molecule has 0 bridgehead atoms. The van der Waals surface area contributed by atoms with Gasteiger partial charge >= 0.3 is 0 Å². The molecule has 26 heavy (non-hydrogen) atoms. The Labute approximate surface area is 157 Å². The van der Waals surface area contributed by atoms with Crippen molar-refractivity contribution in [2.75, 3.05) is 0 Å². The molecule has 1 saturated carbocycles. The number of rotatable bonds is 5. The summed E-state index contributed by atoms with van der Waals surface area (Å²) in [5.74, 6) is 0.0877. The standard InChI is InChI=1S/C21H23N3OS/c1-15-8-10-16(11-9-15)18-14-26-21(23-18)19-7-4-12-24(19)13-20(25)22-17-5-2-3-6-17/h4,7-12,14,17H,2-3,5-6,13H2,1H3,(H,22,25). The first-order valence-electron chi connectivity index (χ1n) is 9.16. The van der Waals surface area contributed by atoms with E-state index in [4.69, 9.17) is 4.98 Å². The van der Waals surface area contributed by atoms with Gasteiger partial charge in [0.25, 0.3) is 0 Å². The first kappa shape index (κ1) is 17.0. The number of hydrogen-bond acceptors (Lipinski definition) is 3. The molecule has 4 rings (SSSR count). The molecule has 0 unspecified atom stereocenters. The van der Waals surface area contributed by atoms with Crippen molar-refractivity contribution >= 4 is 17.2 Å². The van der Waals surface area contributed by atoms with Crippen LogP contribution in [0.15, 0.2) is 48.0 Å². The van der Waals surface area contributed by atoms with E-state index >= 15 is 0 Å². The Hall–Kier alpha value is -2.40. The second-order valence-electron chi connectivity index (χ2n) is 6.97. The van der Waals surface area contributed by atoms with Crippen LogP contribution in [0.3, 0.4) is 0 Å². The third kappa shape index (κ3) is 3.73. The van der Waals surface area contributed by atoms with Crippen molar-refractivity contribution in [3.63, 3.8) is 0 Å². The number of nitrogens with zero attached hydrogens (tertiary/aromatic N) is 2. The summed E-state index contributed by atoms with van der Waals surface area (Å²) in [4.78, 5) is 17.1. The maximum atomic E-state index is 12.4. The van der Waals surface area contributed by atoms with Gasteiger partial charge in [0.1, 0.15) is 11.6 Å². The second kappa shape index (κ2) is 7.46. The predicted octanol–water partition coefficient (Wildman–Crippen LogP) is 4.65. The normalized spacial score (nSPS) is 14.7. The molecule has 0 spiro atoms. The summed E-state index contributed by atoms with van der Waals surface area (Å²) in [7, 11) is 0. The van der Waals surface area contributed by atoms with Crippen molar-refractivity contribution in [3.05, 3.63) is 53.5 Å². The van der Waals surface area contributed by atoms with Gasteiger partial charge in [-0.2, -0.15) is 0 Å². The summed E-state index contributed by atoms with van der Waals surface area (Å²) in [5, 5.41) is 6.18. The molecule has 0 saturated heterocycles. The van der Waals surface area contributed by atoms with Crippen molar-refractivity contribution in [3.8, 4) is 22.0 Å². The summed E-state index contributed by atoms with van der Waals surface area (Å²) in [5.41, 5.74) is 4.34. The van der Waals surface area contributed by atoms with Crippen LogP contribution in [0, 0.1) is 6.92 Å². The van der Waals surface area contributed by atoms with E-state index in [1.807, 2.05) is 22.9 Å². The molecule has 0 atom stereocenters. The van der Waals surface area contributed by atoms with Crippen LogP contribution in [0.5, 0.6) is 0 Å². The minimum Gasteiger partial charge on any atom is -0.352 e. The maximum absolute atomic E-state index is 12.4. The Balaban J connectivity index is 1.49. The van der Waals surface area contributed by atoms with Gasteiger partial charge in [-0.25, -0.2) is 4.98 Å². The van der Waals surface area contributed by atoms with Crippen LogP contribution < -0.4 is 5.32 Å². The van der Waals surface area contributed by atoms with E-state index in [-0.39, 0.29) is 5.91 Å². The monoisotopic (exact) mass is 365 g/mol. The fourth-order valence-corrected chi connectivity index (χ4v) is 4.36. The fourth-order valence-electron chi connectivity index (χ4n) is 3.49. The lowest BCUT2D eigenvalue weighted by Gasteiger charge is -2.13. The lowest BCUT2D eigenvalue weighted by molar-refractivity contribution is -0.122. The zero-order chi connectivity index (χ0) is 17.9. The van der Waals surface area contributed by atoms with Gasteiger partial charge in [-0.3, -0.25) is 4.79 Å². The summed E-state index contributed by atoms with van der Waals surface area (Å²) < 4.78 is 1.99. The highest BCUT2D eigenvalue weighted by Crippen LogP contribution is 2.29. The van der Waals surface area contributed by atoms with E-state index in [0.29, 0.717) is 12.6 Å². The van der Waals surface area contributed by atoms with Gasteiger partial charge in [0, 0.05) is 23.2 Å². The van der Waals surface area contributed by atoms with Crippen molar-refractivity contribution in [1.82, 2.24) is 14.9 Å². The number of aromatic nitrogens is 2. The van der Waals surface area contributed by atoms with Crippen molar-refractivity contribution < 1.29 is 4.79 Å². The molecule has 1 amide bonds. The molecule has 4 nitrogen and oxygen atoms in total. The first-order chi connectivity index (χ1) is 12.7. The number of amides is 1. The van der Waals surface area contributed by atoms with Gasteiger partial charge in [-0.05, 0) is 31.9 Å². The van der Waals surface area contributed by atoms with E-state index in [1.165, 1.54) is 18.4 Å². The van der Waals surface area contributed by atoms with Crippen LogP contribution in [-0.2, 0) is 11.3 Å². The Morgan fingerprint density at radius 1 is 1.23 bits per heavy atom. The second-order valence-corrected chi connectivity index (χ2v) is 7.83. The van der Waals surface area contributed by atoms with E-state index in [0.717, 1.165) is 34.8 Å². The smallest absolute Gasteiger partial charge is 0.240 e. The summed E-state index contributed by atoms with van der Waals surface area (Å²) in [6.45, 7) is 2.43. The van der Waals surface area contributed by atoms with E-state index < -0.39 is 0 Å². The average molecular weight is 366 g/mol. The molecule has 1 aliphatic rings. The molecule has 3 aromatic rings. The lowest BCUT2D eigenvalue weighted by atomic mass is 10.1. The van der Waals surface area contributed by atoms with Gasteiger partial charge in [-0.1, -0.05) is 42.7 Å². The third-order valence-electron chi connectivity index (χ3n) is 4.93. The van der Waals surface area contributed by atoms with Gasteiger partial charge in [0.15, 0.2) is 0 Å². The molecule has 2 heterocycles. The predicted molar refractivity (Wildman–Crippen MR) is 106 cm³/mol. The summed E-state index contributed by atoms with van der Waals surface area (Å²) >= 11 is 1.62. The molecule has 1 aromatic carbocycles. The van der Waals surface area contributed by atoms with Crippen molar-refractivity contribution in [2.45, 2.75) is 45.2 Å². The van der Waals surface area contributed by atoms with Crippen LogP contribution in [0.25, 0.3) is 22.0 Å². The zero-order valence-corrected chi connectivity index (χ0v) is 15.8. The van der Waals surface area contributed by atoms with Gasteiger partial charge in [0.2, 0.25) is 5.91 Å². The van der Waals surface area contributed by atoms with Gasteiger partial charge in [-0.15, -0.1) is 11.3 Å². The van der Waals surface area contributed by atoms with Crippen LogP contribution in [0.4, 0.5) is 0 Å². The van der Waals surface area contributed by atoms with Gasteiger partial charge in [0.05, 0.1) is 11.4 Å². The number of carbonyl (C=O) groups is 1. The third-order valence-corrected chi connectivity index (χ3v) is 5.80. The maximum Gasteiger partial charge on any atom is 0.240 e. The first-order valence-corrected chi connectivity index (χ1v) is 10.0. The SMILES string of the molecule is Cc1ccc(-c2csc(-c3cccn3CC(=O)NC3CCCC3)n2)cc1. The van der Waals surface area contributed by atoms with Crippen molar-refractivity contribution in [1.29, 1.82) is 0 Å². The minimum absolute atomic E-state index is 0.0877. The molecule has 134 valence electrons. The molecule has 5 heteroatoms. The molecule has 0 aliphatic heterocycles. The van der Waals surface area contributed by atoms with Gasteiger partial charge < -0.3 is 9.88 Å². The highest BCUT2D eigenvalue weighted by Gasteiger charge is 2.18. The Bertz CT molecular complexity index is 888. The van der Waals surface area contributed by atoms with Crippen LogP contribution in [-0.4, -0.2) is 21.5 Å². The molecular weight excluding hydrogens is 342 g/mol. The Morgan fingerprint density at radius 2 is 2.00 bits per heavy atom. The minimum atomic E-state index is 0.0877. The van der Waals surface area contributed by atoms with E-state index in [1.54, 1.807) is 11.3 Å². The number of hydrogen-bond donors (Lipinski definition) is 1. The molecule has 1 N–H and O–H groups in total. The highest BCUT2D eigenvalue weighted by atomic mass is 32.1. The number of aryl methyl sites for hydroxylation is 1. The molecule has 2 aromatic heterocycles. The topological polar surface area (TPSA) is 46.9 Å². The molecule has 1 fully saturated rings. The van der Waals surface area contributed by atoms with E-state index in [9.17, 15) is 4.79 Å². The molecule has 1 aliphatic carbocycles. The quantitative estimate of drug-likeness (QED) is 0.716. The summed E-state index contributed by atoms with van der Waals surface area (Å²) in [6.07, 6.45) is 6.62. The Kier molecular flexibility index (Phi) is 4.89. The van der Waals surface area contributed by atoms with Crippen LogP contribution in [0.2, 0.25) is 0 Å². The van der Waals surface area contributed by atoms with Crippen LogP contribution >= 0.6 is 11.3 Å². The summed E-state index contributed by atoms with van der Waals surface area (Å²) in [6, 6.07) is 12.8. The molecular formula is C21H23N3OS. The fraction of sp³-hybridized carbons (Fsp3) is 0.333. The Morgan fingerprint density at radius 3 is 2.77 bits per heavy atom. The number of nitrogens with one attached hydrogen (secondary N) is 1. The average Bonchev–Trinajstić information content (AvgIpc) is 3.36. The number of thiazole rings is 1. The van der Waals surface area contributed by atoms with Crippen LogP contribution in [0.1, 0.15) is 31.2 Å². The highest BCUT2D eigenvalue weighted by molar-refractivity contribution is 7.13. The lowest BCUT2D eigenvalue weighted by Crippen LogP contribution is -2.35. The molecule has 0 radical (unpaired) electrons.